The Balaban J connectivity index is 2.95. The highest BCUT2D eigenvalue weighted by atomic mass is 16.5. The van der Waals surface area contributed by atoms with E-state index in [0.29, 0.717) is 11.3 Å². The van der Waals surface area contributed by atoms with Gasteiger partial charge in [0, 0.05) is 0 Å². The van der Waals surface area contributed by atoms with Crippen LogP contribution in [0.1, 0.15) is 5.76 Å². The molecular formula is C12H12O5. The predicted molar refractivity (Wildman–Crippen MR) is 62.0 cm³/mol. The molecule has 0 radical (unpaired) electrons. The zero-order chi connectivity index (χ0) is 12.6. The first-order valence-corrected chi connectivity index (χ1v) is 4.97. The molecule has 5 nitrogen and oxygen atoms in total. The molecular weight excluding hydrogens is 224 g/mol. The largest absolute Gasteiger partial charge is 0.504 e. The molecule has 2 aromatic rings. The van der Waals surface area contributed by atoms with E-state index in [-0.39, 0.29) is 22.6 Å². The highest BCUT2D eigenvalue weighted by Gasteiger charge is 2.17. The Hall–Kier alpha value is -2.17. The minimum atomic E-state index is -0.414. The Morgan fingerprint density at radius 1 is 1.24 bits per heavy atom. The summed E-state index contributed by atoms with van der Waals surface area (Å²) in [5.41, 5.74) is -0.116. The molecule has 17 heavy (non-hydrogen) atoms. The molecule has 0 spiro atoms. The highest BCUT2D eigenvalue weighted by Crippen LogP contribution is 2.34. The molecule has 1 aromatic carbocycles. The summed E-state index contributed by atoms with van der Waals surface area (Å²) >= 11 is 0. The van der Waals surface area contributed by atoms with Gasteiger partial charge >= 0.3 is 0 Å². The van der Waals surface area contributed by atoms with Gasteiger partial charge < -0.3 is 19.0 Å². The standard InChI is InChI=1S/C12H12O5/c1-6-12(16-3)11(14)9-7(17-6)4-5-8(15-2)10(9)13/h4-5,13H,1-3H3. The predicted octanol–water partition coefficient (Wildman–Crippen LogP) is 1.82. The number of hydrogen-bond donors (Lipinski definition) is 1. The van der Waals surface area contributed by atoms with Gasteiger partial charge in [0.05, 0.1) is 14.2 Å². The first-order chi connectivity index (χ1) is 8.10. The molecule has 90 valence electrons. The van der Waals surface area contributed by atoms with Gasteiger partial charge in [0.15, 0.2) is 11.5 Å². The van der Waals surface area contributed by atoms with Gasteiger partial charge in [-0.15, -0.1) is 0 Å². The van der Waals surface area contributed by atoms with Gasteiger partial charge in [0.1, 0.15) is 16.7 Å². The maximum Gasteiger partial charge on any atom is 0.238 e. The molecule has 5 heteroatoms. The van der Waals surface area contributed by atoms with Crippen LogP contribution in [0, 0.1) is 6.92 Å². The zero-order valence-electron chi connectivity index (χ0n) is 9.73. The van der Waals surface area contributed by atoms with Crippen LogP contribution in [0.5, 0.6) is 17.2 Å². The molecule has 0 atom stereocenters. The van der Waals surface area contributed by atoms with Crippen molar-refractivity contribution >= 4 is 11.0 Å². The van der Waals surface area contributed by atoms with E-state index < -0.39 is 5.43 Å². The maximum absolute atomic E-state index is 12.1. The monoisotopic (exact) mass is 236 g/mol. The molecule has 0 aliphatic carbocycles. The highest BCUT2D eigenvalue weighted by molar-refractivity contribution is 5.87. The van der Waals surface area contributed by atoms with Crippen molar-refractivity contribution in [3.8, 4) is 17.2 Å². The molecule has 0 aliphatic heterocycles. The fourth-order valence-electron chi connectivity index (χ4n) is 1.74. The van der Waals surface area contributed by atoms with Gasteiger partial charge in [-0.05, 0) is 19.1 Å². The van der Waals surface area contributed by atoms with Gasteiger partial charge in [-0.25, -0.2) is 0 Å². The van der Waals surface area contributed by atoms with Gasteiger partial charge in [-0.3, -0.25) is 4.79 Å². The van der Waals surface area contributed by atoms with Crippen LogP contribution in [0.2, 0.25) is 0 Å². The zero-order valence-corrected chi connectivity index (χ0v) is 9.73. The number of rotatable bonds is 2. The normalized spacial score (nSPS) is 10.5. The van der Waals surface area contributed by atoms with Crippen LogP contribution >= 0.6 is 0 Å². The lowest BCUT2D eigenvalue weighted by atomic mass is 10.1. The van der Waals surface area contributed by atoms with Crippen LogP contribution in [-0.4, -0.2) is 19.3 Å². The maximum atomic E-state index is 12.1. The lowest BCUT2D eigenvalue weighted by molar-refractivity contribution is 0.371. The molecule has 0 fully saturated rings. The third-order valence-corrected chi connectivity index (χ3v) is 2.54. The molecule has 0 saturated heterocycles. The van der Waals surface area contributed by atoms with Gasteiger partial charge in [0.25, 0.3) is 0 Å². The minimum absolute atomic E-state index is 0.0619. The average molecular weight is 236 g/mol. The second-order valence-electron chi connectivity index (χ2n) is 3.51. The fourth-order valence-corrected chi connectivity index (χ4v) is 1.74. The SMILES string of the molecule is COc1ccc2oc(C)c(OC)c(=O)c2c1O. The van der Waals surface area contributed by atoms with Crippen molar-refractivity contribution in [2.75, 3.05) is 14.2 Å². The molecule has 1 heterocycles. The van der Waals surface area contributed by atoms with E-state index in [0.717, 1.165) is 0 Å². The Morgan fingerprint density at radius 2 is 1.94 bits per heavy atom. The van der Waals surface area contributed by atoms with E-state index in [4.69, 9.17) is 13.9 Å². The number of hydrogen-bond acceptors (Lipinski definition) is 5. The molecule has 1 aromatic heterocycles. The van der Waals surface area contributed by atoms with Gasteiger partial charge in [-0.2, -0.15) is 0 Å². The Labute approximate surface area is 97.2 Å². The Morgan fingerprint density at radius 3 is 2.53 bits per heavy atom. The van der Waals surface area contributed by atoms with E-state index in [1.807, 2.05) is 0 Å². The minimum Gasteiger partial charge on any atom is -0.504 e. The van der Waals surface area contributed by atoms with Crippen LogP contribution in [0.25, 0.3) is 11.0 Å². The van der Waals surface area contributed by atoms with Crippen LogP contribution in [0.15, 0.2) is 21.3 Å². The van der Waals surface area contributed by atoms with E-state index in [2.05, 4.69) is 0 Å². The third-order valence-electron chi connectivity index (χ3n) is 2.54. The van der Waals surface area contributed by atoms with Crippen molar-refractivity contribution in [3.63, 3.8) is 0 Å². The summed E-state index contributed by atoms with van der Waals surface area (Å²) in [4.78, 5) is 12.1. The van der Waals surface area contributed by atoms with E-state index >= 15 is 0 Å². The first kappa shape index (κ1) is 11.3. The van der Waals surface area contributed by atoms with E-state index in [1.54, 1.807) is 13.0 Å². The first-order valence-electron chi connectivity index (χ1n) is 4.97. The number of aromatic hydroxyl groups is 1. The molecule has 0 bridgehead atoms. The van der Waals surface area contributed by atoms with Crippen LogP contribution < -0.4 is 14.9 Å². The molecule has 2 rings (SSSR count). The van der Waals surface area contributed by atoms with Crippen molar-refractivity contribution in [2.24, 2.45) is 0 Å². The van der Waals surface area contributed by atoms with Crippen molar-refractivity contribution in [2.45, 2.75) is 6.92 Å². The molecule has 0 amide bonds. The van der Waals surface area contributed by atoms with E-state index in [9.17, 15) is 9.90 Å². The van der Waals surface area contributed by atoms with Crippen LogP contribution in [-0.2, 0) is 0 Å². The second kappa shape index (κ2) is 4.01. The molecule has 1 N–H and O–H groups in total. The number of fused-ring (bicyclic) bond motifs is 1. The third kappa shape index (κ3) is 1.60. The average Bonchev–Trinajstić information content (AvgIpc) is 2.29. The number of phenols is 1. The number of methoxy groups -OCH3 is 2. The summed E-state index contributed by atoms with van der Waals surface area (Å²) in [6.07, 6.45) is 0. The van der Waals surface area contributed by atoms with Crippen molar-refractivity contribution in [1.29, 1.82) is 0 Å². The number of aryl methyl sites for hydroxylation is 1. The van der Waals surface area contributed by atoms with Crippen molar-refractivity contribution in [3.05, 3.63) is 28.1 Å². The number of benzene rings is 1. The summed E-state index contributed by atoms with van der Waals surface area (Å²) in [5, 5.41) is 9.96. The number of ether oxygens (including phenoxy) is 2. The topological polar surface area (TPSA) is 68.9 Å². The lowest BCUT2D eigenvalue weighted by Gasteiger charge is -2.08. The summed E-state index contributed by atoms with van der Waals surface area (Å²) in [5.74, 6) is 0.434. The smallest absolute Gasteiger partial charge is 0.238 e. The fraction of sp³-hybridized carbons (Fsp3) is 0.250. The van der Waals surface area contributed by atoms with Crippen LogP contribution in [0.3, 0.4) is 0 Å². The lowest BCUT2D eigenvalue weighted by Crippen LogP contribution is -2.08. The van der Waals surface area contributed by atoms with Crippen molar-refractivity contribution in [1.82, 2.24) is 0 Å². The number of phenolic OH excluding ortho intramolecular Hbond substituents is 1. The van der Waals surface area contributed by atoms with Crippen LogP contribution in [0.4, 0.5) is 0 Å². The van der Waals surface area contributed by atoms with Gasteiger partial charge in [0.2, 0.25) is 11.2 Å². The summed E-state index contributed by atoms with van der Waals surface area (Å²) < 4.78 is 15.3. The van der Waals surface area contributed by atoms with Crippen molar-refractivity contribution < 1.29 is 19.0 Å². The Bertz CT molecular complexity index is 627. The Kier molecular flexibility index (Phi) is 2.67. The van der Waals surface area contributed by atoms with E-state index in [1.165, 1.54) is 20.3 Å². The molecule has 0 aliphatic rings. The second-order valence-corrected chi connectivity index (χ2v) is 3.51. The molecule has 0 saturated carbocycles. The quantitative estimate of drug-likeness (QED) is 0.861. The summed E-state index contributed by atoms with van der Waals surface area (Å²) in [6.45, 7) is 1.63. The molecule has 0 unspecified atom stereocenters. The van der Waals surface area contributed by atoms with Gasteiger partial charge in [-0.1, -0.05) is 0 Å². The summed E-state index contributed by atoms with van der Waals surface area (Å²) in [7, 11) is 2.79. The summed E-state index contributed by atoms with van der Waals surface area (Å²) in [6, 6.07) is 3.11.